The average molecular weight is 388 g/mol. The number of carbonyl (C=O) groups is 3. The highest BCUT2D eigenvalue weighted by atomic mass is 16.5. The Morgan fingerprint density at radius 2 is 1.68 bits per heavy atom. The normalized spacial score (nSPS) is 13.8. The Kier molecular flexibility index (Phi) is 7.02. The molecular formula is C23H33NO4. The summed E-state index contributed by atoms with van der Waals surface area (Å²) in [6.07, 6.45) is 4.09. The van der Waals surface area contributed by atoms with Gasteiger partial charge in [-0.15, -0.1) is 0 Å². The van der Waals surface area contributed by atoms with E-state index in [9.17, 15) is 14.4 Å². The van der Waals surface area contributed by atoms with Crippen LogP contribution in [-0.4, -0.2) is 29.8 Å². The first-order valence-corrected chi connectivity index (χ1v) is 10.1. The van der Waals surface area contributed by atoms with E-state index in [1.165, 1.54) is 11.1 Å². The van der Waals surface area contributed by atoms with Crippen molar-refractivity contribution in [1.82, 2.24) is 5.32 Å². The van der Waals surface area contributed by atoms with Gasteiger partial charge >= 0.3 is 5.97 Å². The van der Waals surface area contributed by atoms with Crippen molar-refractivity contribution in [3.8, 4) is 0 Å². The molecule has 1 aliphatic rings. The summed E-state index contributed by atoms with van der Waals surface area (Å²) in [5, 5.41) is 2.90. The molecule has 0 aromatic heterocycles. The highest BCUT2D eigenvalue weighted by Crippen LogP contribution is 2.26. The van der Waals surface area contributed by atoms with E-state index < -0.39 is 5.97 Å². The number of benzene rings is 1. The second-order valence-corrected chi connectivity index (χ2v) is 9.59. The van der Waals surface area contributed by atoms with Crippen LogP contribution in [0.3, 0.4) is 0 Å². The number of ether oxygens (including phenoxy) is 1. The van der Waals surface area contributed by atoms with E-state index in [-0.39, 0.29) is 42.1 Å². The lowest BCUT2D eigenvalue weighted by molar-refractivity contribution is -0.149. The van der Waals surface area contributed by atoms with Crippen LogP contribution in [0.1, 0.15) is 81.8 Å². The van der Waals surface area contributed by atoms with Crippen LogP contribution in [0.5, 0.6) is 0 Å². The number of ketones is 1. The predicted octanol–water partition coefficient (Wildman–Crippen LogP) is 4.01. The number of amides is 1. The topological polar surface area (TPSA) is 72.5 Å². The van der Waals surface area contributed by atoms with Crippen LogP contribution in [-0.2, 0) is 27.2 Å². The van der Waals surface area contributed by atoms with Gasteiger partial charge < -0.3 is 10.1 Å². The zero-order valence-corrected chi connectivity index (χ0v) is 17.8. The maximum absolute atomic E-state index is 12.3. The second kappa shape index (κ2) is 8.89. The van der Waals surface area contributed by atoms with Crippen LogP contribution in [0.25, 0.3) is 0 Å². The summed E-state index contributed by atoms with van der Waals surface area (Å²) < 4.78 is 5.04. The quantitative estimate of drug-likeness (QED) is 0.540. The number of esters is 1. The molecule has 1 aliphatic carbocycles. The Morgan fingerprint density at radius 3 is 2.36 bits per heavy atom. The number of hydrogen-bond acceptors (Lipinski definition) is 4. The third-order valence-electron chi connectivity index (χ3n) is 4.79. The van der Waals surface area contributed by atoms with Gasteiger partial charge in [0.25, 0.3) is 5.91 Å². The largest absolute Gasteiger partial charge is 0.456 e. The fourth-order valence-electron chi connectivity index (χ4n) is 4.11. The Hall–Kier alpha value is -2.17. The summed E-state index contributed by atoms with van der Waals surface area (Å²) in [6, 6.07) is 5.79. The van der Waals surface area contributed by atoms with Crippen LogP contribution in [0.15, 0.2) is 18.2 Å². The monoisotopic (exact) mass is 387 g/mol. The summed E-state index contributed by atoms with van der Waals surface area (Å²) in [4.78, 5) is 36.3. The van der Waals surface area contributed by atoms with Gasteiger partial charge in [0, 0.05) is 17.5 Å². The fourth-order valence-corrected chi connectivity index (χ4v) is 4.11. The molecule has 0 bridgehead atoms. The molecule has 0 spiro atoms. The van der Waals surface area contributed by atoms with Crippen molar-refractivity contribution >= 4 is 17.7 Å². The van der Waals surface area contributed by atoms with E-state index in [1.807, 2.05) is 32.0 Å². The minimum atomic E-state index is -0.529. The maximum atomic E-state index is 12.3. The summed E-state index contributed by atoms with van der Waals surface area (Å²) in [5.74, 6) is -0.923. The molecule has 5 nitrogen and oxygen atoms in total. The van der Waals surface area contributed by atoms with Crippen molar-refractivity contribution in [3.05, 3.63) is 34.9 Å². The van der Waals surface area contributed by atoms with Gasteiger partial charge in [-0.2, -0.15) is 0 Å². The summed E-state index contributed by atoms with van der Waals surface area (Å²) in [5.41, 5.74) is 2.89. The number of Topliss-reactive ketones (excluding diaryl/α,β-unsaturated/α-hetero) is 1. The molecule has 1 aromatic rings. The molecule has 28 heavy (non-hydrogen) atoms. The van der Waals surface area contributed by atoms with E-state index in [4.69, 9.17) is 4.74 Å². The lowest BCUT2D eigenvalue weighted by Gasteiger charge is -2.33. The van der Waals surface area contributed by atoms with Crippen molar-refractivity contribution < 1.29 is 19.1 Å². The number of fused-ring (bicyclic) bond motifs is 1. The Labute approximate surface area is 168 Å². The summed E-state index contributed by atoms with van der Waals surface area (Å²) in [6.45, 7) is 9.91. The van der Waals surface area contributed by atoms with Gasteiger partial charge in [0.05, 0.1) is 6.42 Å². The Morgan fingerprint density at radius 1 is 1.00 bits per heavy atom. The van der Waals surface area contributed by atoms with E-state index in [0.29, 0.717) is 5.56 Å². The Bertz CT molecular complexity index is 743. The molecule has 0 aliphatic heterocycles. The van der Waals surface area contributed by atoms with Crippen LogP contribution in [0.4, 0.5) is 0 Å². The van der Waals surface area contributed by atoms with E-state index >= 15 is 0 Å². The van der Waals surface area contributed by atoms with E-state index in [2.05, 4.69) is 26.1 Å². The predicted molar refractivity (Wildman–Crippen MR) is 109 cm³/mol. The van der Waals surface area contributed by atoms with Crippen LogP contribution >= 0.6 is 0 Å². The average Bonchev–Trinajstić information content (AvgIpc) is 3.02. The van der Waals surface area contributed by atoms with Gasteiger partial charge in [0.1, 0.15) is 0 Å². The van der Waals surface area contributed by atoms with E-state index in [1.54, 1.807) is 0 Å². The molecule has 0 fully saturated rings. The third-order valence-corrected chi connectivity index (χ3v) is 4.79. The molecule has 5 heteroatoms. The maximum Gasteiger partial charge on any atom is 0.306 e. The Balaban J connectivity index is 1.73. The van der Waals surface area contributed by atoms with Gasteiger partial charge in [0.15, 0.2) is 12.4 Å². The number of hydrogen-bond donors (Lipinski definition) is 1. The minimum absolute atomic E-state index is 0.0193. The van der Waals surface area contributed by atoms with Gasteiger partial charge in [-0.3, -0.25) is 14.4 Å². The lowest BCUT2D eigenvalue weighted by atomic mass is 9.82. The van der Waals surface area contributed by atoms with Crippen molar-refractivity contribution in [2.45, 2.75) is 78.7 Å². The smallest absolute Gasteiger partial charge is 0.306 e. The first kappa shape index (κ1) is 22.1. The van der Waals surface area contributed by atoms with Crippen LogP contribution in [0, 0.1) is 5.41 Å². The number of carbonyl (C=O) groups excluding carboxylic acids is 3. The fraction of sp³-hybridized carbons (Fsp3) is 0.609. The molecule has 0 atom stereocenters. The molecule has 0 unspecified atom stereocenters. The highest BCUT2D eigenvalue weighted by molar-refractivity contribution is 5.98. The zero-order chi connectivity index (χ0) is 20.9. The third kappa shape index (κ3) is 7.10. The lowest BCUT2D eigenvalue weighted by Crippen LogP contribution is -2.47. The molecule has 1 amide bonds. The molecule has 2 rings (SSSR count). The molecule has 1 N–H and O–H groups in total. The minimum Gasteiger partial charge on any atom is -0.456 e. The zero-order valence-electron chi connectivity index (χ0n) is 17.8. The van der Waals surface area contributed by atoms with Crippen molar-refractivity contribution in [2.24, 2.45) is 5.41 Å². The SMILES string of the molecule is CC(C)(C)CC(C)(C)NC(=O)COC(=O)CCC(=O)c1ccc2c(c1)CCC2. The second-order valence-electron chi connectivity index (χ2n) is 9.59. The molecule has 0 heterocycles. The summed E-state index contributed by atoms with van der Waals surface area (Å²) >= 11 is 0. The molecule has 0 saturated heterocycles. The van der Waals surface area contributed by atoms with Crippen molar-refractivity contribution in [1.29, 1.82) is 0 Å². The van der Waals surface area contributed by atoms with Gasteiger partial charge in [-0.1, -0.05) is 32.9 Å². The van der Waals surface area contributed by atoms with E-state index in [0.717, 1.165) is 25.7 Å². The number of aryl methyl sites for hydroxylation is 2. The highest BCUT2D eigenvalue weighted by Gasteiger charge is 2.27. The molecule has 0 radical (unpaired) electrons. The van der Waals surface area contributed by atoms with Crippen molar-refractivity contribution in [2.75, 3.05) is 6.61 Å². The molecule has 154 valence electrons. The number of rotatable bonds is 8. The first-order valence-electron chi connectivity index (χ1n) is 10.1. The van der Waals surface area contributed by atoms with Crippen molar-refractivity contribution in [3.63, 3.8) is 0 Å². The standard InChI is InChI=1S/C23H33NO4/c1-22(2,3)15-23(4,5)24-20(26)14-28-21(27)12-11-19(25)18-10-9-16-7-6-8-17(16)13-18/h9-10,13H,6-8,11-12,14-15H2,1-5H3,(H,24,26). The number of nitrogens with one attached hydrogen (secondary N) is 1. The summed E-state index contributed by atoms with van der Waals surface area (Å²) in [7, 11) is 0. The molecule has 0 saturated carbocycles. The molecule has 1 aromatic carbocycles. The van der Waals surface area contributed by atoms with Gasteiger partial charge in [0.2, 0.25) is 0 Å². The van der Waals surface area contributed by atoms with Crippen LogP contribution in [0.2, 0.25) is 0 Å². The first-order chi connectivity index (χ1) is 13.0. The van der Waals surface area contributed by atoms with Gasteiger partial charge in [-0.05, 0) is 62.1 Å². The van der Waals surface area contributed by atoms with Crippen LogP contribution < -0.4 is 5.32 Å². The molecular weight excluding hydrogens is 354 g/mol. The van der Waals surface area contributed by atoms with Gasteiger partial charge in [-0.25, -0.2) is 0 Å².